The summed E-state index contributed by atoms with van der Waals surface area (Å²) in [5, 5.41) is 2.98. The second-order valence-corrected chi connectivity index (χ2v) is 2.68. The minimum Gasteiger partial charge on any atom is -0.318 e. The normalized spacial score (nSPS) is 10.2. The van der Waals surface area contributed by atoms with Gasteiger partial charge in [-0.3, -0.25) is 9.36 Å². The van der Waals surface area contributed by atoms with Gasteiger partial charge < -0.3 is 5.32 Å². The lowest BCUT2D eigenvalue weighted by Gasteiger charge is -2.03. The van der Waals surface area contributed by atoms with Crippen molar-refractivity contribution >= 4 is 0 Å². The summed E-state index contributed by atoms with van der Waals surface area (Å²) in [4.78, 5) is 15.3. The first kappa shape index (κ1) is 8.93. The van der Waals surface area contributed by atoms with Gasteiger partial charge >= 0.3 is 0 Å². The van der Waals surface area contributed by atoms with Crippen molar-refractivity contribution in [2.24, 2.45) is 0 Å². The molecule has 1 heterocycles. The molecule has 0 aliphatic carbocycles. The van der Waals surface area contributed by atoms with E-state index in [1.165, 1.54) is 0 Å². The molecule has 1 N–H and O–H groups in total. The number of nitrogens with one attached hydrogen (secondary N) is 1. The molecule has 0 aliphatic rings. The van der Waals surface area contributed by atoms with Crippen LogP contribution < -0.4 is 10.9 Å². The second-order valence-electron chi connectivity index (χ2n) is 2.68. The van der Waals surface area contributed by atoms with Crippen LogP contribution in [0.5, 0.6) is 0 Å². The summed E-state index contributed by atoms with van der Waals surface area (Å²) in [6.07, 6.45) is 3.14. The fraction of sp³-hybridized carbons (Fsp3) is 0.500. The predicted molar refractivity (Wildman–Crippen MR) is 47.2 cm³/mol. The summed E-state index contributed by atoms with van der Waals surface area (Å²) in [6.45, 7) is 3.22. The molecule has 0 spiro atoms. The lowest BCUT2D eigenvalue weighted by molar-refractivity contribution is 0.612. The predicted octanol–water partition coefficient (Wildman–Crippen LogP) is -0.229. The van der Waals surface area contributed by atoms with Crippen LogP contribution in [0.2, 0.25) is 0 Å². The van der Waals surface area contributed by atoms with E-state index in [0.717, 1.165) is 6.54 Å². The van der Waals surface area contributed by atoms with Gasteiger partial charge in [0, 0.05) is 24.8 Å². The number of likely N-dealkylation sites (N-methyl/N-ethyl adjacent to an activating group) is 1. The molecule has 12 heavy (non-hydrogen) atoms. The third-order valence-corrected chi connectivity index (χ3v) is 1.68. The lowest BCUT2D eigenvalue weighted by atomic mass is 10.4. The molecule has 0 fully saturated rings. The van der Waals surface area contributed by atoms with Crippen molar-refractivity contribution in [2.45, 2.75) is 13.5 Å². The maximum absolute atomic E-state index is 11.4. The first-order chi connectivity index (χ1) is 5.75. The van der Waals surface area contributed by atoms with Gasteiger partial charge in [0.2, 0.25) is 0 Å². The van der Waals surface area contributed by atoms with Gasteiger partial charge in [-0.15, -0.1) is 0 Å². The first-order valence-corrected chi connectivity index (χ1v) is 3.91. The molecule has 0 saturated heterocycles. The van der Waals surface area contributed by atoms with E-state index in [9.17, 15) is 4.79 Å². The highest BCUT2D eigenvalue weighted by atomic mass is 16.1. The van der Waals surface area contributed by atoms with Crippen LogP contribution in [0, 0.1) is 6.92 Å². The van der Waals surface area contributed by atoms with Crippen molar-refractivity contribution in [3.8, 4) is 0 Å². The molecular formula is C8H13N3O. The molecule has 0 bridgehead atoms. The van der Waals surface area contributed by atoms with Gasteiger partial charge in [0.25, 0.3) is 5.56 Å². The molecule has 1 aromatic rings. The Kier molecular flexibility index (Phi) is 2.99. The number of hydrogen-bond acceptors (Lipinski definition) is 3. The zero-order valence-electron chi connectivity index (χ0n) is 7.37. The highest BCUT2D eigenvalue weighted by molar-refractivity contribution is 5.00. The summed E-state index contributed by atoms with van der Waals surface area (Å²) >= 11 is 0. The van der Waals surface area contributed by atoms with E-state index in [0.29, 0.717) is 12.1 Å². The van der Waals surface area contributed by atoms with Crippen LogP contribution in [0.1, 0.15) is 5.56 Å². The molecule has 1 rings (SSSR count). The standard InChI is InChI=1S/C8H13N3O/c1-7-5-10-6-11(8(7)12)4-3-9-2/h5-6,9H,3-4H2,1-2H3. The summed E-state index contributed by atoms with van der Waals surface area (Å²) in [7, 11) is 1.86. The maximum atomic E-state index is 11.4. The van der Waals surface area contributed by atoms with Crippen LogP contribution in [-0.2, 0) is 6.54 Å². The van der Waals surface area contributed by atoms with Crippen molar-refractivity contribution in [3.63, 3.8) is 0 Å². The van der Waals surface area contributed by atoms with E-state index < -0.39 is 0 Å². The molecule has 66 valence electrons. The Balaban J connectivity index is 2.85. The zero-order chi connectivity index (χ0) is 8.97. The smallest absolute Gasteiger partial charge is 0.256 e. The van der Waals surface area contributed by atoms with Gasteiger partial charge in [-0.1, -0.05) is 0 Å². The molecule has 0 aliphatic heterocycles. The van der Waals surface area contributed by atoms with Crippen LogP contribution in [-0.4, -0.2) is 23.1 Å². The molecular weight excluding hydrogens is 154 g/mol. The van der Waals surface area contributed by atoms with Crippen molar-refractivity contribution in [3.05, 3.63) is 28.4 Å². The van der Waals surface area contributed by atoms with Crippen LogP contribution in [0.15, 0.2) is 17.3 Å². The van der Waals surface area contributed by atoms with Crippen molar-refractivity contribution in [1.29, 1.82) is 0 Å². The van der Waals surface area contributed by atoms with Crippen LogP contribution in [0.4, 0.5) is 0 Å². The van der Waals surface area contributed by atoms with Crippen molar-refractivity contribution in [2.75, 3.05) is 13.6 Å². The Morgan fingerprint density at radius 3 is 3.08 bits per heavy atom. The van der Waals surface area contributed by atoms with Gasteiger partial charge in [0.15, 0.2) is 0 Å². The van der Waals surface area contributed by atoms with E-state index in [4.69, 9.17) is 0 Å². The Hall–Kier alpha value is -1.16. The quantitative estimate of drug-likeness (QED) is 0.676. The third-order valence-electron chi connectivity index (χ3n) is 1.68. The fourth-order valence-electron chi connectivity index (χ4n) is 0.951. The number of aryl methyl sites for hydroxylation is 1. The van der Waals surface area contributed by atoms with Crippen LogP contribution in [0.25, 0.3) is 0 Å². The number of aromatic nitrogens is 2. The van der Waals surface area contributed by atoms with E-state index in [1.54, 1.807) is 24.0 Å². The molecule has 0 unspecified atom stereocenters. The van der Waals surface area contributed by atoms with Gasteiger partial charge in [-0.25, -0.2) is 4.98 Å². The lowest BCUT2D eigenvalue weighted by Crippen LogP contribution is -2.26. The topological polar surface area (TPSA) is 46.9 Å². The average molecular weight is 167 g/mol. The highest BCUT2D eigenvalue weighted by Crippen LogP contribution is 1.83. The molecule has 0 amide bonds. The van der Waals surface area contributed by atoms with Gasteiger partial charge in [0.05, 0.1) is 6.33 Å². The van der Waals surface area contributed by atoms with Gasteiger partial charge in [0.1, 0.15) is 0 Å². The number of rotatable bonds is 3. The highest BCUT2D eigenvalue weighted by Gasteiger charge is 1.96. The molecule has 0 atom stereocenters. The Morgan fingerprint density at radius 1 is 1.67 bits per heavy atom. The summed E-state index contributed by atoms with van der Waals surface area (Å²) in [5.41, 5.74) is 0.730. The SMILES string of the molecule is CNCCn1cncc(C)c1=O. The van der Waals surface area contributed by atoms with E-state index in [-0.39, 0.29) is 5.56 Å². The van der Waals surface area contributed by atoms with E-state index in [1.807, 2.05) is 7.05 Å². The van der Waals surface area contributed by atoms with E-state index in [2.05, 4.69) is 10.3 Å². The monoisotopic (exact) mass is 167 g/mol. The van der Waals surface area contributed by atoms with Gasteiger partial charge in [-0.05, 0) is 14.0 Å². The molecule has 0 radical (unpaired) electrons. The Bertz CT molecular complexity index is 305. The second kappa shape index (κ2) is 4.01. The van der Waals surface area contributed by atoms with Crippen molar-refractivity contribution < 1.29 is 0 Å². The average Bonchev–Trinajstić information content (AvgIpc) is 2.08. The number of nitrogens with zero attached hydrogens (tertiary/aromatic N) is 2. The minimum absolute atomic E-state index is 0.0419. The maximum Gasteiger partial charge on any atom is 0.256 e. The van der Waals surface area contributed by atoms with E-state index >= 15 is 0 Å². The Labute approximate surface area is 71.3 Å². The number of hydrogen-bond donors (Lipinski definition) is 1. The Morgan fingerprint density at radius 2 is 2.42 bits per heavy atom. The third kappa shape index (κ3) is 1.92. The fourth-order valence-corrected chi connectivity index (χ4v) is 0.951. The van der Waals surface area contributed by atoms with Crippen molar-refractivity contribution in [1.82, 2.24) is 14.9 Å². The summed E-state index contributed by atoms with van der Waals surface area (Å²) in [5.74, 6) is 0. The molecule has 4 heteroatoms. The summed E-state index contributed by atoms with van der Waals surface area (Å²) in [6, 6.07) is 0. The zero-order valence-corrected chi connectivity index (χ0v) is 7.37. The minimum atomic E-state index is 0.0419. The van der Waals surface area contributed by atoms with Crippen LogP contribution in [0.3, 0.4) is 0 Å². The van der Waals surface area contributed by atoms with Gasteiger partial charge in [-0.2, -0.15) is 0 Å². The molecule has 1 aromatic heterocycles. The molecule has 0 saturated carbocycles. The molecule has 0 aromatic carbocycles. The first-order valence-electron chi connectivity index (χ1n) is 3.91. The molecule has 4 nitrogen and oxygen atoms in total. The summed E-state index contributed by atoms with van der Waals surface area (Å²) < 4.78 is 1.60. The van der Waals surface area contributed by atoms with Crippen LogP contribution >= 0.6 is 0 Å². The largest absolute Gasteiger partial charge is 0.318 e.